The van der Waals surface area contributed by atoms with E-state index in [9.17, 15) is 9.59 Å². The first-order valence-corrected chi connectivity index (χ1v) is 10.5. The number of carbonyl (C=O) groups excluding carboxylic acids is 2. The number of benzene rings is 1. The Labute approximate surface area is 182 Å². The molecule has 1 aliphatic heterocycles. The fourth-order valence-electron chi connectivity index (χ4n) is 3.98. The van der Waals surface area contributed by atoms with Crippen molar-refractivity contribution >= 4 is 22.8 Å². The number of fused-ring (bicyclic) bond motifs is 1. The lowest BCUT2D eigenvalue weighted by atomic mass is 10.0. The van der Waals surface area contributed by atoms with Gasteiger partial charge in [0.25, 0.3) is 5.91 Å². The van der Waals surface area contributed by atoms with Crippen LogP contribution in [0, 0.1) is 6.92 Å². The van der Waals surface area contributed by atoms with E-state index >= 15 is 0 Å². The highest BCUT2D eigenvalue weighted by molar-refractivity contribution is 6.07. The van der Waals surface area contributed by atoms with Crippen LogP contribution in [0.15, 0.2) is 36.4 Å². The smallest absolute Gasteiger partial charge is 0.254 e. The van der Waals surface area contributed by atoms with Gasteiger partial charge < -0.3 is 9.80 Å². The standard InChI is InChI=1S/C23H28N6O2/c1-16-21-18(23(31)29-12-10-28(11-13-29)15-20(30)26(2)3)14-19(17-8-6-5-7-9-17)24-22(21)27(4)25-16/h5-9,14H,10-13,15H2,1-4H3. The van der Waals surface area contributed by atoms with Crippen molar-refractivity contribution in [1.29, 1.82) is 0 Å². The molecule has 0 aliphatic carbocycles. The van der Waals surface area contributed by atoms with Gasteiger partial charge in [-0.05, 0) is 13.0 Å². The van der Waals surface area contributed by atoms with Crippen LogP contribution >= 0.6 is 0 Å². The predicted octanol–water partition coefficient (Wildman–Crippen LogP) is 1.79. The third kappa shape index (κ3) is 4.16. The Kier molecular flexibility index (Phi) is 5.73. The third-order valence-electron chi connectivity index (χ3n) is 5.79. The fourth-order valence-corrected chi connectivity index (χ4v) is 3.98. The number of hydrogen-bond acceptors (Lipinski definition) is 5. The second-order valence-corrected chi connectivity index (χ2v) is 8.19. The summed E-state index contributed by atoms with van der Waals surface area (Å²) in [4.78, 5) is 35.9. The number of carbonyl (C=O) groups is 2. The van der Waals surface area contributed by atoms with E-state index in [-0.39, 0.29) is 11.8 Å². The van der Waals surface area contributed by atoms with E-state index < -0.39 is 0 Å². The van der Waals surface area contributed by atoms with E-state index in [1.165, 1.54) is 0 Å². The van der Waals surface area contributed by atoms with Gasteiger partial charge >= 0.3 is 0 Å². The number of hydrogen-bond donors (Lipinski definition) is 0. The molecule has 0 unspecified atom stereocenters. The molecule has 1 aliphatic rings. The second kappa shape index (κ2) is 8.47. The van der Waals surface area contributed by atoms with Gasteiger partial charge in [0, 0.05) is 52.9 Å². The molecule has 2 aromatic heterocycles. The molecule has 31 heavy (non-hydrogen) atoms. The summed E-state index contributed by atoms with van der Waals surface area (Å²) in [5, 5.41) is 5.31. The van der Waals surface area contributed by atoms with Crippen LogP contribution in [0.4, 0.5) is 0 Å². The van der Waals surface area contributed by atoms with Gasteiger partial charge in [0.2, 0.25) is 5.91 Å². The molecule has 1 saturated heterocycles. The molecule has 3 aromatic rings. The number of pyridine rings is 1. The van der Waals surface area contributed by atoms with Gasteiger partial charge in [-0.2, -0.15) is 5.10 Å². The highest BCUT2D eigenvalue weighted by atomic mass is 16.2. The number of piperazine rings is 1. The second-order valence-electron chi connectivity index (χ2n) is 8.19. The molecule has 3 heterocycles. The van der Waals surface area contributed by atoms with Gasteiger partial charge in [0.1, 0.15) is 0 Å². The largest absolute Gasteiger partial charge is 0.348 e. The van der Waals surface area contributed by atoms with Crippen molar-refractivity contribution in [3.63, 3.8) is 0 Å². The molecule has 0 N–H and O–H groups in total. The number of likely N-dealkylation sites (N-methyl/N-ethyl adjacent to an activating group) is 1. The van der Waals surface area contributed by atoms with Crippen LogP contribution in [0.3, 0.4) is 0 Å². The summed E-state index contributed by atoms with van der Waals surface area (Å²) in [6.07, 6.45) is 0. The van der Waals surface area contributed by atoms with Crippen LogP contribution < -0.4 is 0 Å². The molecule has 4 rings (SSSR count). The molecular weight excluding hydrogens is 392 g/mol. The third-order valence-corrected chi connectivity index (χ3v) is 5.79. The Morgan fingerprint density at radius 3 is 2.39 bits per heavy atom. The van der Waals surface area contributed by atoms with Gasteiger partial charge in [-0.1, -0.05) is 30.3 Å². The first kappa shape index (κ1) is 21.0. The summed E-state index contributed by atoms with van der Waals surface area (Å²) >= 11 is 0. The fraction of sp³-hybridized carbons (Fsp3) is 0.391. The molecule has 2 amide bonds. The average Bonchev–Trinajstić information content (AvgIpc) is 3.07. The van der Waals surface area contributed by atoms with Crippen molar-refractivity contribution in [2.45, 2.75) is 6.92 Å². The Morgan fingerprint density at radius 2 is 1.74 bits per heavy atom. The molecule has 0 saturated carbocycles. The summed E-state index contributed by atoms with van der Waals surface area (Å²) < 4.78 is 1.73. The molecule has 1 aromatic carbocycles. The maximum Gasteiger partial charge on any atom is 0.254 e. The quantitative estimate of drug-likeness (QED) is 0.643. The van der Waals surface area contributed by atoms with Crippen LogP contribution in [-0.4, -0.2) is 88.1 Å². The van der Waals surface area contributed by atoms with Crippen molar-refractivity contribution < 1.29 is 9.59 Å². The Balaban J connectivity index is 1.63. The monoisotopic (exact) mass is 420 g/mol. The van der Waals surface area contributed by atoms with Crippen LogP contribution in [0.5, 0.6) is 0 Å². The van der Waals surface area contributed by atoms with Gasteiger partial charge in [0.15, 0.2) is 5.65 Å². The first-order chi connectivity index (χ1) is 14.8. The van der Waals surface area contributed by atoms with E-state index in [4.69, 9.17) is 4.98 Å². The number of amides is 2. The first-order valence-electron chi connectivity index (χ1n) is 10.5. The van der Waals surface area contributed by atoms with Crippen LogP contribution in [0.2, 0.25) is 0 Å². The summed E-state index contributed by atoms with van der Waals surface area (Å²) in [7, 11) is 5.38. The number of nitrogens with zero attached hydrogens (tertiary/aromatic N) is 6. The van der Waals surface area contributed by atoms with Gasteiger partial charge in [-0.3, -0.25) is 19.2 Å². The number of aryl methyl sites for hydroxylation is 2. The zero-order valence-corrected chi connectivity index (χ0v) is 18.5. The highest BCUT2D eigenvalue weighted by Gasteiger charge is 2.27. The summed E-state index contributed by atoms with van der Waals surface area (Å²) in [6.45, 7) is 4.82. The van der Waals surface area contributed by atoms with E-state index in [2.05, 4.69) is 10.00 Å². The zero-order valence-electron chi connectivity index (χ0n) is 18.5. The van der Waals surface area contributed by atoms with E-state index in [0.717, 1.165) is 22.3 Å². The van der Waals surface area contributed by atoms with E-state index in [0.29, 0.717) is 43.9 Å². The minimum absolute atomic E-state index is 0.0146. The SMILES string of the molecule is Cc1nn(C)c2nc(-c3ccccc3)cc(C(=O)N3CCN(CC(=O)N(C)C)CC3)c12. The van der Waals surface area contributed by atoms with Crippen LogP contribution in [0.25, 0.3) is 22.3 Å². The molecule has 0 bridgehead atoms. The van der Waals surface area contributed by atoms with Crippen molar-refractivity contribution in [2.24, 2.45) is 7.05 Å². The Morgan fingerprint density at radius 1 is 1.06 bits per heavy atom. The lowest BCUT2D eigenvalue weighted by Crippen LogP contribution is -2.51. The zero-order chi connectivity index (χ0) is 22.1. The molecule has 0 spiro atoms. The van der Waals surface area contributed by atoms with Gasteiger partial charge in [-0.15, -0.1) is 0 Å². The normalized spacial score (nSPS) is 14.8. The van der Waals surface area contributed by atoms with Crippen molar-refractivity contribution in [3.8, 4) is 11.3 Å². The lowest BCUT2D eigenvalue weighted by molar-refractivity contribution is -0.130. The summed E-state index contributed by atoms with van der Waals surface area (Å²) in [5.74, 6) is 0.0633. The molecular formula is C23H28N6O2. The lowest BCUT2D eigenvalue weighted by Gasteiger charge is -2.35. The topological polar surface area (TPSA) is 74.6 Å². The predicted molar refractivity (Wildman–Crippen MR) is 120 cm³/mol. The Hall–Kier alpha value is -3.26. The van der Waals surface area contributed by atoms with Crippen molar-refractivity contribution in [2.75, 3.05) is 46.8 Å². The summed E-state index contributed by atoms with van der Waals surface area (Å²) in [5.41, 5.74) is 3.85. The maximum absolute atomic E-state index is 13.6. The highest BCUT2D eigenvalue weighted by Crippen LogP contribution is 2.28. The minimum Gasteiger partial charge on any atom is -0.348 e. The molecule has 8 nitrogen and oxygen atoms in total. The maximum atomic E-state index is 13.6. The van der Waals surface area contributed by atoms with Crippen molar-refractivity contribution in [3.05, 3.63) is 47.7 Å². The minimum atomic E-state index is -0.0146. The van der Waals surface area contributed by atoms with E-state index in [1.807, 2.05) is 55.3 Å². The summed E-state index contributed by atoms with van der Waals surface area (Å²) in [6, 6.07) is 11.8. The van der Waals surface area contributed by atoms with Crippen LogP contribution in [-0.2, 0) is 11.8 Å². The Bertz CT molecular complexity index is 1110. The number of aromatic nitrogens is 3. The molecule has 162 valence electrons. The van der Waals surface area contributed by atoms with E-state index in [1.54, 1.807) is 23.7 Å². The molecule has 0 radical (unpaired) electrons. The molecule has 8 heteroatoms. The number of rotatable bonds is 4. The van der Waals surface area contributed by atoms with Crippen molar-refractivity contribution in [1.82, 2.24) is 29.5 Å². The molecule has 0 atom stereocenters. The average molecular weight is 421 g/mol. The van der Waals surface area contributed by atoms with Gasteiger partial charge in [0.05, 0.1) is 28.9 Å². The van der Waals surface area contributed by atoms with Crippen LogP contribution in [0.1, 0.15) is 16.1 Å². The molecule has 1 fully saturated rings. The van der Waals surface area contributed by atoms with Gasteiger partial charge in [-0.25, -0.2) is 4.98 Å².